The molecule has 0 radical (unpaired) electrons. The lowest BCUT2D eigenvalue weighted by molar-refractivity contribution is -0.887. The number of carbonyl (C=O) groups is 3. The van der Waals surface area contributed by atoms with Gasteiger partial charge in [0.25, 0.3) is 0 Å². The van der Waals surface area contributed by atoms with Crippen molar-refractivity contribution >= 4 is 17.9 Å². The molecule has 0 aromatic heterocycles. The molecule has 8 heteroatoms. The van der Waals surface area contributed by atoms with Gasteiger partial charge in [0.1, 0.15) is 6.61 Å². The van der Waals surface area contributed by atoms with Gasteiger partial charge in [0.05, 0.1) is 34.4 Å². The lowest BCUT2D eigenvalue weighted by Crippen LogP contribution is -2.50. The summed E-state index contributed by atoms with van der Waals surface area (Å²) in [7, 11) is 5.51. The maximum atomic E-state index is 12.7. The van der Waals surface area contributed by atoms with Crippen molar-refractivity contribution in [3.8, 4) is 0 Å². The number of quaternary nitrogens is 1. The fraction of sp³-hybridized carbons (Fsp3) is 0.700. The molecule has 0 saturated heterocycles. The van der Waals surface area contributed by atoms with Crippen molar-refractivity contribution in [3.63, 3.8) is 0 Å². The SMILES string of the molecule is CC/C=C/C/C=C/C/C=C/C/C=C/CCCCCCCCCCCCC(=O)OCC(COCCC(C(=O)O)[N+](C)(C)C)OC(=O)CCCCC/C=C/C=C/CCCC. The minimum absolute atomic E-state index is 0.0460. The Balaban J connectivity index is 4.24. The molecule has 0 saturated carbocycles. The lowest BCUT2D eigenvalue weighted by atomic mass is 10.1. The Bertz CT molecular complexity index is 1180. The van der Waals surface area contributed by atoms with Crippen molar-refractivity contribution in [1.29, 1.82) is 0 Å². The summed E-state index contributed by atoms with van der Waals surface area (Å²) in [5.74, 6) is -1.52. The number of carboxylic acid groups (broad SMARTS) is 1. The second-order valence-corrected chi connectivity index (χ2v) is 16.3. The number of hydrogen-bond acceptors (Lipinski definition) is 6. The van der Waals surface area contributed by atoms with E-state index in [0.29, 0.717) is 19.3 Å². The normalized spacial score (nSPS) is 13.6. The summed E-state index contributed by atoms with van der Waals surface area (Å²) in [5, 5.41) is 9.61. The van der Waals surface area contributed by atoms with Crippen molar-refractivity contribution in [2.75, 3.05) is 41.0 Å². The Hall–Kier alpha value is -3.23. The third kappa shape index (κ3) is 38.3. The van der Waals surface area contributed by atoms with Crippen molar-refractivity contribution in [3.05, 3.63) is 72.9 Å². The predicted molar refractivity (Wildman–Crippen MR) is 243 cm³/mol. The van der Waals surface area contributed by atoms with Gasteiger partial charge in [0, 0.05) is 19.3 Å². The van der Waals surface area contributed by atoms with E-state index in [1.165, 1.54) is 64.2 Å². The average molecular weight is 813 g/mol. The van der Waals surface area contributed by atoms with E-state index in [1.807, 2.05) is 21.1 Å². The van der Waals surface area contributed by atoms with E-state index in [2.05, 4.69) is 86.8 Å². The van der Waals surface area contributed by atoms with Crippen molar-refractivity contribution in [1.82, 2.24) is 0 Å². The number of nitrogens with zero attached hydrogens (tertiary/aromatic N) is 1. The van der Waals surface area contributed by atoms with Crippen LogP contribution in [0.1, 0.15) is 174 Å². The first-order valence-electron chi connectivity index (χ1n) is 23.0. The van der Waals surface area contributed by atoms with Gasteiger partial charge in [-0.1, -0.05) is 157 Å². The zero-order valence-corrected chi connectivity index (χ0v) is 37.7. The lowest BCUT2D eigenvalue weighted by Gasteiger charge is -2.31. The Morgan fingerprint density at radius 1 is 0.552 bits per heavy atom. The second-order valence-electron chi connectivity index (χ2n) is 16.3. The first-order chi connectivity index (χ1) is 28.1. The molecule has 0 aliphatic carbocycles. The van der Waals surface area contributed by atoms with Gasteiger partial charge in [-0.05, 0) is 70.6 Å². The highest BCUT2D eigenvalue weighted by atomic mass is 16.6. The molecule has 1 N–H and O–H groups in total. The number of esters is 2. The van der Waals surface area contributed by atoms with Crippen molar-refractivity contribution in [2.24, 2.45) is 0 Å². The minimum atomic E-state index is -0.883. The zero-order chi connectivity index (χ0) is 42.8. The number of carbonyl (C=O) groups excluding carboxylic acids is 2. The van der Waals surface area contributed by atoms with Crippen LogP contribution in [-0.4, -0.2) is 80.6 Å². The molecule has 2 atom stereocenters. The van der Waals surface area contributed by atoms with Crippen LogP contribution in [0.25, 0.3) is 0 Å². The van der Waals surface area contributed by atoms with Crippen LogP contribution in [0.4, 0.5) is 0 Å². The Kier molecular flexibility index (Phi) is 38.3. The molecule has 58 heavy (non-hydrogen) atoms. The van der Waals surface area contributed by atoms with E-state index in [4.69, 9.17) is 14.2 Å². The highest BCUT2D eigenvalue weighted by molar-refractivity contribution is 5.72. The summed E-state index contributed by atoms with van der Waals surface area (Å²) in [6, 6.07) is -0.622. The van der Waals surface area contributed by atoms with Crippen LogP contribution in [0, 0.1) is 0 Å². The van der Waals surface area contributed by atoms with Gasteiger partial charge in [-0.25, -0.2) is 4.79 Å². The Labute approximate surface area is 355 Å². The minimum Gasteiger partial charge on any atom is -0.477 e. The Morgan fingerprint density at radius 2 is 1.02 bits per heavy atom. The maximum absolute atomic E-state index is 12.7. The molecule has 0 aromatic rings. The van der Waals surface area contributed by atoms with E-state index in [9.17, 15) is 19.5 Å². The summed E-state index contributed by atoms with van der Waals surface area (Å²) in [6.07, 6.45) is 51.0. The largest absolute Gasteiger partial charge is 0.477 e. The van der Waals surface area contributed by atoms with Crippen LogP contribution >= 0.6 is 0 Å². The Morgan fingerprint density at radius 3 is 1.55 bits per heavy atom. The second kappa shape index (κ2) is 40.5. The number of ether oxygens (including phenoxy) is 3. The highest BCUT2D eigenvalue weighted by Gasteiger charge is 2.31. The molecule has 8 nitrogen and oxygen atoms in total. The first-order valence-corrected chi connectivity index (χ1v) is 23.0. The van der Waals surface area contributed by atoms with Crippen LogP contribution in [0.2, 0.25) is 0 Å². The summed E-state index contributed by atoms with van der Waals surface area (Å²) in [5.41, 5.74) is 0. The van der Waals surface area contributed by atoms with Crippen LogP contribution < -0.4 is 0 Å². The predicted octanol–water partition coefficient (Wildman–Crippen LogP) is 12.7. The fourth-order valence-corrected chi connectivity index (χ4v) is 6.29. The molecule has 0 fully saturated rings. The number of unbranched alkanes of at least 4 members (excludes halogenated alkanes) is 15. The third-order valence-electron chi connectivity index (χ3n) is 9.87. The molecular formula is C50H86NO7+. The zero-order valence-electron chi connectivity index (χ0n) is 37.7. The van der Waals surface area contributed by atoms with Crippen LogP contribution in [-0.2, 0) is 28.6 Å². The summed E-state index contributed by atoms with van der Waals surface area (Å²) in [4.78, 5) is 37.0. The van der Waals surface area contributed by atoms with E-state index in [-0.39, 0.29) is 36.2 Å². The molecule has 0 rings (SSSR count). The van der Waals surface area contributed by atoms with Crippen molar-refractivity contribution in [2.45, 2.75) is 187 Å². The maximum Gasteiger partial charge on any atom is 0.362 e. The van der Waals surface area contributed by atoms with Gasteiger partial charge >= 0.3 is 17.9 Å². The standard InChI is InChI=1S/C50H85NO7/c1-6-8-10-12-14-16-18-19-20-21-22-23-24-25-26-27-28-29-31-32-34-36-38-40-48(52)57-45-46(44-56-43-42-47(50(54)55)51(3,4)5)58-49(53)41-39-37-35-33-30-17-15-13-11-9-7-2/h8,10,13-17,19-20,22-23,30,46-47H,6-7,9,11-12,18,21,24-29,31-45H2,1-5H3/p+1/b10-8+,15-13+,16-14+,20-19+,23-22+,30-17+. The van der Waals surface area contributed by atoms with Gasteiger partial charge in [-0.15, -0.1) is 0 Å². The molecule has 332 valence electrons. The van der Waals surface area contributed by atoms with Crippen LogP contribution in [0.5, 0.6) is 0 Å². The van der Waals surface area contributed by atoms with Gasteiger partial charge in [0.2, 0.25) is 0 Å². The number of allylic oxidation sites excluding steroid dienone is 12. The molecule has 0 aliphatic heterocycles. The number of likely N-dealkylation sites (N-methyl/N-ethyl adjacent to an activating group) is 1. The van der Waals surface area contributed by atoms with Crippen molar-refractivity contribution < 1.29 is 38.2 Å². The molecule has 0 heterocycles. The monoisotopic (exact) mass is 813 g/mol. The molecular weight excluding hydrogens is 727 g/mol. The van der Waals surface area contributed by atoms with Gasteiger partial charge in [0.15, 0.2) is 12.1 Å². The van der Waals surface area contributed by atoms with E-state index in [0.717, 1.165) is 77.0 Å². The summed E-state index contributed by atoms with van der Waals surface area (Å²) < 4.78 is 17.2. The first kappa shape index (κ1) is 54.8. The average Bonchev–Trinajstić information content (AvgIpc) is 3.18. The molecule has 0 bridgehead atoms. The third-order valence-corrected chi connectivity index (χ3v) is 9.87. The quantitative estimate of drug-likeness (QED) is 0.0216. The smallest absolute Gasteiger partial charge is 0.362 e. The number of aliphatic carboxylic acids is 1. The van der Waals surface area contributed by atoms with E-state index < -0.39 is 18.1 Å². The van der Waals surface area contributed by atoms with E-state index >= 15 is 0 Å². The molecule has 0 spiro atoms. The molecule has 0 aromatic carbocycles. The highest BCUT2D eigenvalue weighted by Crippen LogP contribution is 2.14. The van der Waals surface area contributed by atoms with Gasteiger partial charge in [-0.2, -0.15) is 0 Å². The molecule has 0 aliphatic rings. The van der Waals surface area contributed by atoms with Gasteiger partial charge in [-0.3, -0.25) is 9.59 Å². The number of rotatable bonds is 40. The van der Waals surface area contributed by atoms with Crippen LogP contribution in [0.3, 0.4) is 0 Å². The molecule has 2 unspecified atom stereocenters. The summed E-state index contributed by atoms with van der Waals surface area (Å²) in [6.45, 7) is 4.53. The summed E-state index contributed by atoms with van der Waals surface area (Å²) >= 11 is 0. The topological polar surface area (TPSA) is 99.1 Å². The van der Waals surface area contributed by atoms with Gasteiger partial charge < -0.3 is 23.8 Å². The fourth-order valence-electron chi connectivity index (χ4n) is 6.29. The van der Waals surface area contributed by atoms with E-state index in [1.54, 1.807) is 0 Å². The van der Waals surface area contributed by atoms with Crippen LogP contribution in [0.15, 0.2) is 72.9 Å². The number of hydrogen-bond donors (Lipinski definition) is 1. The molecule has 0 amide bonds. The number of carboxylic acids is 1.